The molecule has 2 heterocycles. The van der Waals surface area contributed by atoms with Crippen LogP contribution in [0.1, 0.15) is 6.92 Å². The maximum absolute atomic E-state index is 11.4. The maximum atomic E-state index is 11.4. The summed E-state index contributed by atoms with van der Waals surface area (Å²) in [6.45, 7) is 2.51. The molecule has 2 rings (SSSR count). The lowest BCUT2D eigenvalue weighted by molar-refractivity contribution is -0.155. The number of hydrogen-bond acceptors (Lipinski definition) is 6. The van der Waals surface area contributed by atoms with Gasteiger partial charge in [-0.05, 0) is 6.92 Å². The summed E-state index contributed by atoms with van der Waals surface area (Å²) < 4.78 is 15.4. The molecule has 0 spiro atoms. The van der Waals surface area contributed by atoms with E-state index in [4.69, 9.17) is 15.2 Å². The highest BCUT2D eigenvalue weighted by Gasteiger charge is 2.47. The summed E-state index contributed by atoms with van der Waals surface area (Å²) in [6, 6.07) is -0.519. The minimum Gasteiger partial charge on any atom is -0.459 e. The summed E-state index contributed by atoms with van der Waals surface area (Å²) in [5.74, 6) is -1.66. The summed E-state index contributed by atoms with van der Waals surface area (Å²) in [5, 5.41) is 2.54. The summed E-state index contributed by atoms with van der Waals surface area (Å²) in [7, 11) is 0. The van der Waals surface area contributed by atoms with Crippen LogP contribution in [0.15, 0.2) is 0 Å². The van der Waals surface area contributed by atoms with Crippen molar-refractivity contribution in [3.63, 3.8) is 0 Å². The van der Waals surface area contributed by atoms with E-state index in [1.807, 2.05) is 0 Å². The Hall–Kier alpha value is -1.18. The Labute approximate surface area is 98.6 Å². The van der Waals surface area contributed by atoms with Gasteiger partial charge in [0.05, 0.1) is 31.9 Å². The molecule has 17 heavy (non-hydrogen) atoms. The molecule has 0 bridgehead atoms. The van der Waals surface area contributed by atoms with Gasteiger partial charge >= 0.3 is 11.9 Å². The fraction of sp³-hybridized carbons (Fsp3) is 0.800. The standard InChI is InChI=1S/C10H16N2O5/c1-2-15-10(14)9(13)12-6-4-17-7-5(11)3-16-8(6)7/h5-8H,2-4,11H2,1H3,(H,12,13)/t5-,6-,7+,8+/m0/s1. The van der Waals surface area contributed by atoms with Crippen molar-refractivity contribution >= 4 is 11.9 Å². The quantitative estimate of drug-likeness (QED) is 0.437. The van der Waals surface area contributed by atoms with E-state index in [9.17, 15) is 9.59 Å². The molecule has 0 aromatic carbocycles. The van der Waals surface area contributed by atoms with Crippen molar-refractivity contribution < 1.29 is 23.8 Å². The van der Waals surface area contributed by atoms with Gasteiger partial charge in [0.25, 0.3) is 0 Å². The largest absolute Gasteiger partial charge is 0.459 e. The lowest BCUT2D eigenvalue weighted by atomic mass is 10.1. The van der Waals surface area contributed by atoms with Crippen molar-refractivity contribution in [2.75, 3.05) is 19.8 Å². The molecule has 7 heteroatoms. The highest BCUT2D eigenvalue weighted by atomic mass is 16.6. The monoisotopic (exact) mass is 244 g/mol. The highest BCUT2D eigenvalue weighted by molar-refractivity contribution is 6.32. The maximum Gasteiger partial charge on any atom is 0.396 e. The predicted octanol–water partition coefficient (Wildman–Crippen LogP) is -1.84. The second-order valence-electron chi connectivity index (χ2n) is 4.06. The van der Waals surface area contributed by atoms with Crippen molar-refractivity contribution in [2.45, 2.75) is 31.2 Å². The molecule has 0 radical (unpaired) electrons. The zero-order valence-corrected chi connectivity index (χ0v) is 9.55. The van der Waals surface area contributed by atoms with Crippen LogP contribution in [-0.4, -0.2) is 56.0 Å². The second-order valence-corrected chi connectivity index (χ2v) is 4.06. The number of hydrogen-bond donors (Lipinski definition) is 2. The fourth-order valence-electron chi connectivity index (χ4n) is 2.08. The molecular weight excluding hydrogens is 228 g/mol. The Morgan fingerprint density at radius 3 is 2.76 bits per heavy atom. The molecule has 0 aliphatic carbocycles. The molecule has 0 aromatic rings. The lowest BCUT2D eigenvalue weighted by Crippen LogP contribution is -2.47. The fourth-order valence-corrected chi connectivity index (χ4v) is 2.08. The van der Waals surface area contributed by atoms with Gasteiger partial charge in [-0.3, -0.25) is 4.79 Å². The Morgan fingerprint density at radius 1 is 1.35 bits per heavy atom. The van der Waals surface area contributed by atoms with E-state index in [-0.39, 0.29) is 30.9 Å². The van der Waals surface area contributed by atoms with Gasteiger partial charge in [-0.1, -0.05) is 0 Å². The van der Waals surface area contributed by atoms with Gasteiger partial charge in [0.15, 0.2) is 0 Å². The predicted molar refractivity (Wildman–Crippen MR) is 56.0 cm³/mol. The topological polar surface area (TPSA) is 99.9 Å². The zero-order valence-electron chi connectivity index (χ0n) is 9.55. The molecule has 96 valence electrons. The van der Waals surface area contributed by atoms with Crippen LogP contribution < -0.4 is 11.1 Å². The van der Waals surface area contributed by atoms with Gasteiger partial charge in [-0.25, -0.2) is 4.79 Å². The third-order valence-corrected chi connectivity index (χ3v) is 2.87. The minimum absolute atomic E-state index is 0.168. The summed E-state index contributed by atoms with van der Waals surface area (Å²) >= 11 is 0. The van der Waals surface area contributed by atoms with E-state index in [0.717, 1.165) is 0 Å². The summed E-state index contributed by atoms with van der Waals surface area (Å²) in [6.07, 6.45) is -0.481. The van der Waals surface area contributed by atoms with Crippen LogP contribution in [0.3, 0.4) is 0 Å². The van der Waals surface area contributed by atoms with E-state index in [1.54, 1.807) is 6.92 Å². The lowest BCUT2D eigenvalue weighted by Gasteiger charge is -2.16. The summed E-state index contributed by atoms with van der Waals surface area (Å²) in [5.41, 5.74) is 5.77. The van der Waals surface area contributed by atoms with Crippen molar-refractivity contribution in [3.8, 4) is 0 Å². The van der Waals surface area contributed by atoms with Gasteiger partial charge in [-0.15, -0.1) is 0 Å². The first-order chi connectivity index (χ1) is 8.13. The van der Waals surface area contributed by atoms with E-state index >= 15 is 0 Å². The smallest absolute Gasteiger partial charge is 0.396 e. The first-order valence-corrected chi connectivity index (χ1v) is 5.60. The third kappa shape index (κ3) is 2.41. The van der Waals surface area contributed by atoms with Crippen LogP contribution in [0.2, 0.25) is 0 Å². The molecule has 0 saturated carbocycles. The molecule has 2 fully saturated rings. The number of carbonyl (C=O) groups is 2. The number of ether oxygens (including phenoxy) is 3. The SMILES string of the molecule is CCOC(=O)C(=O)N[C@H]1CO[C@H]2[C@@H]1OC[C@@H]2N. The molecule has 4 atom stereocenters. The van der Waals surface area contributed by atoms with Gasteiger partial charge in [0, 0.05) is 0 Å². The normalized spacial score (nSPS) is 35.4. The Balaban J connectivity index is 1.88. The van der Waals surface area contributed by atoms with Crippen LogP contribution in [0.25, 0.3) is 0 Å². The second kappa shape index (κ2) is 4.99. The number of carbonyl (C=O) groups excluding carboxylic acids is 2. The van der Waals surface area contributed by atoms with Crippen molar-refractivity contribution in [3.05, 3.63) is 0 Å². The van der Waals surface area contributed by atoms with E-state index < -0.39 is 11.9 Å². The van der Waals surface area contributed by atoms with Crippen LogP contribution >= 0.6 is 0 Å². The van der Waals surface area contributed by atoms with Crippen molar-refractivity contribution in [2.24, 2.45) is 5.73 Å². The minimum atomic E-state index is -0.891. The Bertz CT molecular complexity index is 322. The molecule has 2 saturated heterocycles. The van der Waals surface area contributed by atoms with E-state index in [1.165, 1.54) is 0 Å². The van der Waals surface area contributed by atoms with Gasteiger partial charge < -0.3 is 25.3 Å². The van der Waals surface area contributed by atoms with Crippen molar-refractivity contribution in [1.29, 1.82) is 0 Å². The van der Waals surface area contributed by atoms with Gasteiger partial charge in [0.2, 0.25) is 0 Å². The van der Waals surface area contributed by atoms with Gasteiger partial charge in [0.1, 0.15) is 12.2 Å². The first kappa shape index (κ1) is 12.3. The number of nitrogens with one attached hydrogen (secondary N) is 1. The number of amides is 1. The van der Waals surface area contributed by atoms with E-state index in [2.05, 4.69) is 10.1 Å². The van der Waals surface area contributed by atoms with Crippen molar-refractivity contribution in [1.82, 2.24) is 5.32 Å². The van der Waals surface area contributed by atoms with Crippen LogP contribution in [-0.2, 0) is 23.8 Å². The van der Waals surface area contributed by atoms with Crippen LogP contribution in [0.4, 0.5) is 0 Å². The van der Waals surface area contributed by atoms with E-state index in [0.29, 0.717) is 13.2 Å². The number of rotatable bonds is 2. The van der Waals surface area contributed by atoms with Crippen LogP contribution in [0.5, 0.6) is 0 Å². The van der Waals surface area contributed by atoms with Crippen LogP contribution in [0, 0.1) is 0 Å². The third-order valence-electron chi connectivity index (χ3n) is 2.87. The molecule has 0 unspecified atom stereocenters. The Kier molecular flexibility index (Phi) is 3.60. The number of nitrogens with two attached hydrogens (primary N) is 1. The molecular formula is C10H16N2O5. The zero-order chi connectivity index (χ0) is 12.4. The molecule has 1 amide bonds. The molecule has 2 aliphatic heterocycles. The number of fused-ring (bicyclic) bond motifs is 1. The first-order valence-electron chi connectivity index (χ1n) is 5.60. The molecule has 3 N–H and O–H groups in total. The molecule has 2 aliphatic rings. The van der Waals surface area contributed by atoms with Gasteiger partial charge in [-0.2, -0.15) is 0 Å². The average Bonchev–Trinajstić information content (AvgIpc) is 2.84. The Morgan fingerprint density at radius 2 is 2.06 bits per heavy atom. The molecule has 0 aromatic heterocycles. The summed E-state index contributed by atoms with van der Waals surface area (Å²) in [4.78, 5) is 22.6. The average molecular weight is 244 g/mol. The molecule has 7 nitrogen and oxygen atoms in total. The highest BCUT2D eigenvalue weighted by Crippen LogP contribution is 2.25. The number of esters is 1.